The van der Waals surface area contributed by atoms with E-state index in [1.54, 1.807) is 0 Å². The molecule has 1 fully saturated rings. The second kappa shape index (κ2) is 7.35. The maximum atomic E-state index is 5.49. The van der Waals surface area contributed by atoms with E-state index in [2.05, 4.69) is 55.2 Å². The van der Waals surface area contributed by atoms with Gasteiger partial charge >= 0.3 is 0 Å². The Morgan fingerprint density at radius 1 is 1.33 bits per heavy atom. The molecule has 3 rings (SSSR count). The minimum atomic E-state index is 0. The average molecular weight is 374 g/mol. The van der Waals surface area contributed by atoms with Crippen LogP contribution in [0.4, 0.5) is 0 Å². The highest BCUT2D eigenvalue weighted by atomic mass is 79.9. The molecule has 1 aliphatic rings. The lowest BCUT2D eigenvalue weighted by atomic mass is 10.0. The van der Waals surface area contributed by atoms with Gasteiger partial charge in [-0.05, 0) is 37.1 Å². The Labute approximate surface area is 138 Å². The lowest BCUT2D eigenvalue weighted by molar-refractivity contribution is 0.238. The molecular weight excluding hydrogens is 356 g/mol. The molecular formula is C14H18BrClN4O. The molecule has 1 aromatic heterocycles. The van der Waals surface area contributed by atoms with E-state index in [1.165, 1.54) is 18.4 Å². The predicted octanol–water partition coefficient (Wildman–Crippen LogP) is 3.05. The highest BCUT2D eigenvalue weighted by Gasteiger charge is 2.27. The lowest BCUT2D eigenvalue weighted by Gasteiger charge is -2.23. The summed E-state index contributed by atoms with van der Waals surface area (Å²) in [6.45, 7) is 2.07. The van der Waals surface area contributed by atoms with Gasteiger partial charge in [0.1, 0.15) is 0 Å². The van der Waals surface area contributed by atoms with Crippen LogP contribution in [0.3, 0.4) is 0 Å². The zero-order valence-electron chi connectivity index (χ0n) is 11.5. The van der Waals surface area contributed by atoms with Gasteiger partial charge in [0.25, 0.3) is 0 Å². The number of aromatic nitrogens is 2. The molecule has 1 aliphatic heterocycles. The van der Waals surface area contributed by atoms with Crippen molar-refractivity contribution in [2.45, 2.75) is 32.0 Å². The van der Waals surface area contributed by atoms with Crippen molar-refractivity contribution in [1.29, 1.82) is 0 Å². The van der Waals surface area contributed by atoms with E-state index in [1.807, 2.05) is 0 Å². The smallest absolute Gasteiger partial charge is 0.240 e. The van der Waals surface area contributed by atoms with Crippen molar-refractivity contribution in [2.24, 2.45) is 5.73 Å². The number of nitrogens with zero attached hydrogens (tertiary/aromatic N) is 3. The summed E-state index contributed by atoms with van der Waals surface area (Å²) in [5.41, 5.74) is 6.83. The molecule has 0 saturated carbocycles. The Kier molecular flexibility index (Phi) is 5.75. The van der Waals surface area contributed by atoms with Gasteiger partial charge in [-0.2, -0.15) is 4.98 Å². The minimum Gasteiger partial charge on any atom is -0.338 e. The van der Waals surface area contributed by atoms with Gasteiger partial charge in [0.05, 0.1) is 13.1 Å². The summed E-state index contributed by atoms with van der Waals surface area (Å²) < 4.78 is 6.17. The van der Waals surface area contributed by atoms with Gasteiger partial charge in [0.2, 0.25) is 5.89 Å². The highest BCUT2D eigenvalue weighted by molar-refractivity contribution is 9.10. The minimum absolute atomic E-state index is 0. The molecule has 2 aromatic rings. The molecule has 1 saturated heterocycles. The molecule has 21 heavy (non-hydrogen) atoms. The summed E-state index contributed by atoms with van der Waals surface area (Å²) in [6, 6.07) is 8.96. The Bertz CT molecular complexity index is 575. The van der Waals surface area contributed by atoms with Crippen molar-refractivity contribution in [3.05, 3.63) is 46.0 Å². The number of halogens is 2. The van der Waals surface area contributed by atoms with Crippen LogP contribution in [0.2, 0.25) is 0 Å². The van der Waals surface area contributed by atoms with Gasteiger partial charge in [-0.25, -0.2) is 0 Å². The average Bonchev–Trinajstić information content (AvgIpc) is 3.09. The van der Waals surface area contributed by atoms with Crippen molar-refractivity contribution >= 4 is 28.3 Å². The van der Waals surface area contributed by atoms with E-state index in [4.69, 9.17) is 10.3 Å². The molecule has 0 spiro atoms. The number of rotatable bonds is 4. The van der Waals surface area contributed by atoms with E-state index >= 15 is 0 Å². The van der Waals surface area contributed by atoms with E-state index in [0.29, 0.717) is 25.0 Å². The molecule has 0 bridgehead atoms. The molecule has 0 aliphatic carbocycles. The summed E-state index contributed by atoms with van der Waals surface area (Å²) in [4.78, 5) is 6.68. The number of nitrogens with two attached hydrogens (primary N) is 1. The van der Waals surface area contributed by atoms with Crippen LogP contribution in [0.1, 0.15) is 36.2 Å². The monoisotopic (exact) mass is 372 g/mol. The van der Waals surface area contributed by atoms with Crippen molar-refractivity contribution in [3.63, 3.8) is 0 Å². The Morgan fingerprint density at radius 3 is 2.76 bits per heavy atom. The normalized spacial score (nSPS) is 18.7. The summed E-state index contributed by atoms with van der Waals surface area (Å²) in [7, 11) is 0. The van der Waals surface area contributed by atoms with E-state index < -0.39 is 0 Å². The zero-order valence-corrected chi connectivity index (χ0v) is 13.9. The van der Waals surface area contributed by atoms with E-state index in [-0.39, 0.29) is 12.4 Å². The fraction of sp³-hybridized carbons (Fsp3) is 0.429. The maximum Gasteiger partial charge on any atom is 0.240 e. The van der Waals surface area contributed by atoms with Gasteiger partial charge in [-0.3, -0.25) is 4.90 Å². The number of likely N-dealkylation sites (tertiary alicyclic amines) is 1. The molecule has 1 unspecified atom stereocenters. The third-order valence-electron chi connectivity index (χ3n) is 3.65. The molecule has 2 N–H and O–H groups in total. The van der Waals surface area contributed by atoms with Crippen molar-refractivity contribution in [1.82, 2.24) is 15.0 Å². The topological polar surface area (TPSA) is 68.2 Å². The quantitative estimate of drug-likeness (QED) is 0.892. The van der Waals surface area contributed by atoms with Crippen molar-refractivity contribution < 1.29 is 4.52 Å². The first-order valence-corrected chi connectivity index (χ1v) is 7.56. The Morgan fingerprint density at radius 2 is 2.10 bits per heavy atom. The fourth-order valence-electron chi connectivity index (χ4n) is 2.70. The third kappa shape index (κ3) is 3.83. The molecule has 2 heterocycles. The van der Waals surface area contributed by atoms with Gasteiger partial charge in [-0.1, -0.05) is 33.2 Å². The van der Waals surface area contributed by atoms with Crippen molar-refractivity contribution in [2.75, 3.05) is 6.54 Å². The molecule has 0 radical (unpaired) electrons. The summed E-state index contributed by atoms with van der Waals surface area (Å²) in [5, 5.41) is 3.98. The molecule has 7 heteroatoms. The fourth-order valence-corrected chi connectivity index (χ4v) is 2.96. The van der Waals surface area contributed by atoms with Crippen LogP contribution in [0.15, 0.2) is 33.3 Å². The Balaban J connectivity index is 0.00000161. The zero-order chi connectivity index (χ0) is 13.9. The molecule has 0 amide bonds. The standard InChI is InChI=1S/C14H17BrN4O.ClH/c15-11-5-3-10(4-6-11)12-2-1-7-19(12)9-13-17-14(8-16)20-18-13;/h3-6,12H,1-2,7-9,16H2;1H. The largest absolute Gasteiger partial charge is 0.338 e. The van der Waals surface area contributed by atoms with Gasteiger partial charge < -0.3 is 10.3 Å². The molecule has 1 atom stereocenters. The SMILES string of the molecule is Cl.NCc1nc(CN2CCCC2c2ccc(Br)cc2)no1. The van der Waals surface area contributed by atoms with Crippen LogP contribution in [-0.2, 0) is 13.1 Å². The third-order valence-corrected chi connectivity index (χ3v) is 4.18. The highest BCUT2D eigenvalue weighted by Crippen LogP contribution is 2.33. The Hall–Kier alpha value is -0.950. The number of benzene rings is 1. The maximum absolute atomic E-state index is 5.49. The lowest BCUT2D eigenvalue weighted by Crippen LogP contribution is -2.23. The summed E-state index contributed by atoms with van der Waals surface area (Å²) in [5.74, 6) is 1.22. The first-order valence-electron chi connectivity index (χ1n) is 6.77. The van der Waals surface area contributed by atoms with Crippen LogP contribution in [0, 0.1) is 0 Å². The van der Waals surface area contributed by atoms with Crippen LogP contribution in [-0.4, -0.2) is 21.6 Å². The predicted molar refractivity (Wildman–Crippen MR) is 86.0 cm³/mol. The first-order chi connectivity index (χ1) is 9.76. The van der Waals surface area contributed by atoms with Crippen LogP contribution >= 0.6 is 28.3 Å². The molecule has 5 nitrogen and oxygen atoms in total. The van der Waals surface area contributed by atoms with Crippen molar-refractivity contribution in [3.8, 4) is 0 Å². The van der Waals surface area contributed by atoms with Crippen LogP contribution < -0.4 is 5.73 Å². The van der Waals surface area contributed by atoms with E-state index in [9.17, 15) is 0 Å². The number of hydrogen-bond acceptors (Lipinski definition) is 5. The van der Waals surface area contributed by atoms with Gasteiger partial charge in [0, 0.05) is 10.5 Å². The van der Waals surface area contributed by atoms with Gasteiger partial charge in [-0.15, -0.1) is 12.4 Å². The summed E-state index contributed by atoms with van der Waals surface area (Å²) in [6.07, 6.45) is 2.37. The van der Waals surface area contributed by atoms with Crippen LogP contribution in [0.5, 0.6) is 0 Å². The van der Waals surface area contributed by atoms with E-state index in [0.717, 1.165) is 16.8 Å². The second-order valence-corrected chi connectivity index (χ2v) is 5.90. The number of hydrogen-bond donors (Lipinski definition) is 1. The van der Waals surface area contributed by atoms with Crippen LogP contribution in [0.25, 0.3) is 0 Å². The first kappa shape index (κ1) is 16.4. The molecule has 1 aromatic carbocycles. The second-order valence-electron chi connectivity index (χ2n) is 4.99. The molecule has 114 valence electrons. The summed E-state index contributed by atoms with van der Waals surface area (Å²) >= 11 is 3.48. The van der Waals surface area contributed by atoms with Gasteiger partial charge in [0.15, 0.2) is 5.82 Å².